The SMILES string of the molecule is N#Cc1cccc(CNCc2ccc(Cl)cc2Cl)c1. The normalized spacial score (nSPS) is 10.2. The third-order valence-corrected chi connectivity index (χ3v) is 3.30. The number of hydrogen-bond donors (Lipinski definition) is 1. The van der Waals surface area contributed by atoms with Gasteiger partial charge in [-0.1, -0.05) is 41.4 Å². The summed E-state index contributed by atoms with van der Waals surface area (Å²) in [6, 6.07) is 15.1. The van der Waals surface area contributed by atoms with Crippen LogP contribution in [0.5, 0.6) is 0 Å². The van der Waals surface area contributed by atoms with Gasteiger partial charge in [-0.2, -0.15) is 5.26 Å². The average Bonchev–Trinajstić information content (AvgIpc) is 2.41. The molecule has 0 aliphatic rings. The van der Waals surface area contributed by atoms with Crippen molar-refractivity contribution in [2.75, 3.05) is 0 Å². The Balaban J connectivity index is 1.94. The summed E-state index contributed by atoms with van der Waals surface area (Å²) in [4.78, 5) is 0. The van der Waals surface area contributed by atoms with Crippen LogP contribution in [0, 0.1) is 11.3 Å². The first kappa shape index (κ1) is 13.9. The number of halogens is 2. The minimum atomic E-state index is 0.635. The van der Waals surface area contributed by atoms with Crippen molar-refractivity contribution >= 4 is 23.2 Å². The van der Waals surface area contributed by atoms with Crippen molar-refractivity contribution in [1.29, 1.82) is 5.26 Å². The lowest BCUT2D eigenvalue weighted by atomic mass is 10.1. The fourth-order valence-electron chi connectivity index (χ4n) is 1.76. The van der Waals surface area contributed by atoms with Crippen molar-refractivity contribution in [1.82, 2.24) is 5.32 Å². The maximum atomic E-state index is 8.83. The highest BCUT2D eigenvalue weighted by molar-refractivity contribution is 6.35. The molecular weight excluding hydrogens is 279 g/mol. The van der Waals surface area contributed by atoms with Gasteiger partial charge in [0.15, 0.2) is 0 Å². The fraction of sp³-hybridized carbons (Fsp3) is 0.133. The van der Waals surface area contributed by atoms with Gasteiger partial charge in [-0.05, 0) is 35.4 Å². The lowest BCUT2D eigenvalue weighted by Gasteiger charge is -2.07. The number of nitrogens with one attached hydrogen (secondary N) is 1. The molecule has 0 aliphatic heterocycles. The van der Waals surface area contributed by atoms with Crippen LogP contribution >= 0.6 is 23.2 Å². The Bertz CT molecular complexity index is 618. The topological polar surface area (TPSA) is 35.8 Å². The van der Waals surface area contributed by atoms with Gasteiger partial charge in [0.05, 0.1) is 11.6 Å². The molecule has 0 saturated heterocycles. The molecule has 0 spiro atoms. The average molecular weight is 291 g/mol. The van der Waals surface area contributed by atoms with Gasteiger partial charge >= 0.3 is 0 Å². The third-order valence-electron chi connectivity index (χ3n) is 2.72. The van der Waals surface area contributed by atoms with Crippen molar-refractivity contribution in [3.63, 3.8) is 0 Å². The van der Waals surface area contributed by atoms with Gasteiger partial charge in [-0.25, -0.2) is 0 Å². The summed E-state index contributed by atoms with van der Waals surface area (Å²) < 4.78 is 0. The molecule has 2 aromatic carbocycles. The Morgan fingerprint density at radius 3 is 2.63 bits per heavy atom. The van der Waals surface area contributed by atoms with E-state index in [9.17, 15) is 0 Å². The van der Waals surface area contributed by atoms with Gasteiger partial charge in [0, 0.05) is 23.1 Å². The van der Waals surface area contributed by atoms with Gasteiger partial charge in [0.25, 0.3) is 0 Å². The molecule has 0 heterocycles. The maximum Gasteiger partial charge on any atom is 0.0991 e. The second-order valence-corrected chi connectivity index (χ2v) is 5.00. The van der Waals surface area contributed by atoms with E-state index in [0.29, 0.717) is 28.7 Å². The van der Waals surface area contributed by atoms with Crippen molar-refractivity contribution in [3.8, 4) is 6.07 Å². The summed E-state index contributed by atoms with van der Waals surface area (Å²) in [5.74, 6) is 0. The number of rotatable bonds is 4. The largest absolute Gasteiger partial charge is 0.309 e. The van der Waals surface area contributed by atoms with Gasteiger partial charge in [-0.15, -0.1) is 0 Å². The Hall–Kier alpha value is -1.53. The van der Waals surface area contributed by atoms with E-state index in [-0.39, 0.29) is 0 Å². The van der Waals surface area contributed by atoms with Gasteiger partial charge in [0.2, 0.25) is 0 Å². The Labute approximate surface area is 122 Å². The van der Waals surface area contributed by atoms with Crippen LogP contribution in [0.3, 0.4) is 0 Å². The smallest absolute Gasteiger partial charge is 0.0991 e. The molecule has 2 nitrogen and oxygen atoms in total. The molecule has 0 radical (unpaired) electrons. The summed E-state index contributed by atoms with van der Waals surface area (Å²) in [5.41, 5.74) is 2.75. The molecule has 0 atom stereocenters. The van der Waals surface area contributed by atoms with Gasteiger partial charge < -0.3 is 5.32 Å². The fourth-order valence-corrected chi connectivity index (χ4v) is 2.23. The lowest BCUT2D eigenvalue weighted by molar-refractivity contribution is 0.693. The van der Waals surface area contributed by atoms with Crippen LogP contribution < -0.4 is 5.32 Å². The molecular formula is C15H12Cl2N2. The van der Waals surface area contributed by atoms with Gasteiger partial charge in [0.1, 0.15) is 0 Å². The zero-order valence-electron chi connectivity index (χ0n) is 10.2. The molecule has 0 bridgehead atoms. The predicted octanol–water partition coefficient (Wildman–Crippen LogP) is 4.15. The molecule has 0 fully saturated rings. The molecule has 0 saturated carbocycles. The minimum absolute atomic E-state index is 0.635. The molecule has 0 unspecified atom stereocenters. The molecule has 19 heavy (non-hydrogen) atoms. The maximum absolute atomic E-state index is 8.83. The summed E-state index contributed by atoms with van der Waals surface area (Å²) in [5, 5.41) is 13.4. The van der Waals surface area contributed by atoms with Crippen molar-refractivity contribution in [2.24, 2.45) is 0 Å². The Kier molecular flexibility index (Phi) is 4.81. The summed E-state index contributed by atoms with van der Waals surface area (Å²) in [6.07, 6.45) is 0. The van der Waals surface area contributed by atoms with E-state index in [1.165, 1.54) is 0 Å². The molecule has 96 valence electrons. The Morgan fingerprint density at radius 2 is 1.89 bits per heavy atom. The van der Waals surface area contributed by atoms with E-state index < -0.39 is 0 Å². The Morgan fingerprint density at radius 1 is 1.05 bits per heavy atom. The van der Waals surface area contributed by atoms with Crippen molar-refractivity contribution < 1.29 is 0 Å². The highest BCUT2D eigenvalue weighted by Gasteiger charge is 2.01. The van der Waals surface area contributed by atoms with Crippen molar-refractivity contribution in [3.05, 3.63) is 69.2 Å². The van der Waals surface area contributed by atoms with Crippen LogP contribution in [0.1, 0.15) is 16.7 Å². The van der Waals surface area contributed by atoms with Crippen LogP contribution in [-0.2, 0) is 13.1 Å². The first-order valence-corrected chi connectivity index (χ1v) is 6.58. The highest BCUT2D eigenvalue weighted by Crippen LogP contribution is 2.20. The molecule has 2 rings (SSSR count). The second-order valence-electron chi connectivity index (χ2n) is 4.15. The highest BCUT2D eigenvalue weighted by atomic mass is 35.5. The van der Waals surface area contributed by atoms with Crippen LogP contribution in [-0.4, -0.2) is 0 Å². The zero-order valence-corrected chi connectivity index (χ0v) is 11.7. The van der Waals surface area contributed by atoms with E-state index in [4.69, 9.17) is 28.5 Å². The van der Waals surface area contributed by atoms with Gasteiger partial charge in [-0.3, -0.25) is 0 Å². The summed E-state index contributed by atoms with van der Waals surface area (Å²) in [7, 11) is 0. The number of nitrogens with zero attached hydrogens (tertiary/aromatic N) is 1. The van der Waals surface area contributed by atoms with Crippen molar-refractivity contribution in [2.45, 2.75) is 13.1 Å². The minimum Gasteiger partial charge on any atom is -0.309 e. The molecule has 2 aromatic rings. The summed E-state index contributed by atoms with van der Waals surface area (Å²) >= 11 is 11.9. The van der Waals surface area contributed by atoms with E-state index in [1.54, 1.807) is 12.1 Å². The van der Waals surface area contributed by atoms with Crippen LogP contribution in [0.15, 0.2) is 42.5 Å². The standard InChI is InChI=1S/C15H12Cl2N2/c16-14-5-4-13(15(17)7-14)10-19-9-12-3-1-2-11(6-12)8-18/h1-7,19H,9-10H2. The first-order chi connectivity index (χ1) is 9.19. The predicted molar refractivity (Wildman–Crippen MR) is 78.2 cm³/mol. The first-order valence-electron chi connectivity index (χ1n) is 5.83. The molecule has 1 N–H and O–H groups in total. The van der Waals surface area contributed by atoms with E-state index in [2.05, 4.69) is 11.4 Å². The number of nitriles is 1. The third kappa shape index (κ3) is 3.97. The molecule has 0 aliphatic carbocycles. The van der Waals surface area contributed by atoms with E-state index >= 15 is 0 Å². The molecule has 4 heteroatoms. The van der Waals surface area contributed by atoms with Crippen LogP contribution in [0.25, 0.3) is 0 Å². The molecule has 0 amide bonds. The number of benzene rings is 2. The monoisotopic (exact) mass is 290 g/mol. The lowest BCUT2D eigenvalue weighted by Crippen LogP contribution is -2.13. The zero-order chi connectivity index (χ0) is 13.7. The molecule has 0 aromatic heterocycles. The summed E-state index contributed by atoms with van der Waals surface area (Å²) in [6.45, 7) is 1.35. The number of hydrogen-bond acceptors (Lipinski definition) is 2. The van der Waals surface area contributed by atoms with E-state index in [0.717, 1.165) is 11.1 Å². The van der Waals surface area contributed by atoms with Crippen LogP contribution in [0.2, 0.25) is 10.0 Å². The van der Waals surface area contributed by atoms with E-state index in [1.807, 2.05) is 30.3 Å². The second kappa shape index (κ2) is 6.58. The van der Waals surface area contributed by atoms with Crippen LogP contribution in [0.4, 0.5) is 0 Å². The quantitative estimate of drug-likeness (QED) is 0.918.